The normalized spacial score (nSPS) is 12.7. The second-order valence-corrected chi connectivity index (χ2v) is 9.80. The molecule has 1 aliphatic carbocycles. The highest BCUT2D eigenvalue weighted by molar-refractivity contribution is 7.16. The molecule has 194 valence electrons. The van der Waals surface area contributed by atoms with Gasteiger partial charge in [-0.3, -0.25) is 9.59 Å². The number of nitrogens with zero attached hydrogens (tertiary/aromatic N) is 1. The van der Waals surface area contributed by atoms with E-state index in [2.05, 4.69) is 11.4 Å². The maximum Gasteiger partial charge on any atom is 0.453 e. The van der Waals surface area contributed by atoms with E-state index < -0.39 is 41.2 Å². The minimum Gasteiger partial charge on any atom is -0.484 e. The molecule has 2 heterocycles. The third kappa shape index (κ3) is 4.92. The summed E-state index contributed by atoms with van der Waals surface area (Å²) in [5.74, 6) is -3.39. The molecule has 0 atom stereocenters. The maximum atomic E-state index is 13.8. The molecular weight excluding hydrogens is 545 g/mol. The Balaban J connectivity index is 1.39. The van der Waals surface area contributed by atoms with Crippen LogP contribution in [0.25, 0.3) is 11.0 Å². The molecule has 5 rings (SSSR count). The summed E-state index contributed by atoms with van der Waals surface area (Å²) in [4.78, 5) is 26.5. The number of hydrogen-bond acceptors (Lipinski definition) is 7. The summed E-state index contributed by atoms with van der Waals surface area (Å²) in [6, 6.07) is 11.5. The fourth-order valence-corrected chi connectivity index (χ4v) is 5.52. The molecule has 38 heavy (non-hydrogen) atoms. The Morgan fingerprint density at radius 2 is 2.00 bits per heavy atom. The van der Waals surface area contributed by atoms with Crippen LogP contribution in [0.2, 0.25) is 5.02 Å². The van der Waals surface area contributed by atoms with Gasteiger partial charge < -0.3 is 19.2 Å². The summed E-state index contributed by atoms with van der Waals surface area (Å²) in [6.45, 7) is -0.483. The summed E-state index contributed by atoms with van der Waals surface area (Å²) < 4.78 is 57.1. The summed E-state index contributed by atoms with van der Waals surface area (Å²) >= 11 is 7.32. The highest BCUT2D eigenvalue weighted by Crippen LogP contribution is 2.40. The van der Waals surface area contributed by atoms with Crippen LogP contribution >= 0.6 is 22.9 Å². The van der Waals surface area contributed by atoms with Crippen LogP contribution in [0.5, 0.6) is 17.2 Å². The second-order valence-electron chi connectivity index (χ2n) is 8.29. The van der Waals surface area contributed by atoms with Gasteiger partial charge in [0, 0.05) is 10.9 Å². The predicted molar refractivity (Wildman–Crippen MR) is 134 cm³/mol. The van der Waals surface area contributed by atoms with Crippen molar-refractivity contribution in [2.45, 2.75) is 25.4 Å². The van der Waals surface area contributed by atoms with Gasteiger partial charge in [-0.05, 0) is 49.1 Å². The number of fused-ring (bicyclic) bond motifs is 2. The molecule has 0 spiro atoms. The van der Waals surface area contributed by atoms with Crippen LogP contribution < -0.4 is 20.2 Å². The Morgan fingerprint density at radius 3 is 2.74 bits per heavy atom. The highest BCUT2D eigenvalue weighted by Gasteiger charge is 2.40. The number of carbonyl (C=O) groups excluding carboxylic acids is 1. The van der Waals surface area contributed by atoms with Crippen molar-refractivity contribution in [3.63, 3.8) is 0 Å². The molecule has 1 N–H and O–H groups in total. The number of anilines is 1. The molecule has 12 heteroatoms. The molecule has 0 saturated heterocycles. The van der Waals surface area contributed by atoms with Gasteiger partial charge in [0.05, 0.1) is 16.0 Å². The Labute approximate surface area is 222 Å². The van der Waals surface area contributed by atoms with Gasteiger partial charge in [0.1, 0.15) is 28.2 Å². The monoisotopic (exact) mass is 560 g/mol. The highest BCUT2D eigenvalue weighted by atomic mass is 35.5. The number of para-hydroxylation sites is 1. The van der Waals surface area contributed by atoms with Crippen LogP contribution in [0.4, 0.5) is 18.2 Å². The van der Waals surface area contributed by atoms with Gasteiger partial charge in [-0.2, -0.15) is 18.4 Å². The number of hydrogen-bond donors (Lipinski definition) is 1. The molecule has 0 unspecified atom stereocenters. The van der Waals surface area contributed by atoms with Gasteiger partial charge in [0.2, 0.25) is 11.2 Å². The third-order valence-corrected chi connectivity index (χ3v) is 7.30. The molecule has 0 radical (unpaired) electrons. The van der Waals surface area contributed by atoms with E-state index in [9.17, 15) is 28.0 Å². The van der Waals surface area contributed by atoms with Gasteiger partial charge >= 0.3 is 6.18 Å². The largest absolute Gasteiger partial charge is 0.484 e. The molecule has 2 aromatic heterocycles. The lowest BCUT2D eigenvalue weighted by atomic mass is 10.1. The number of carbonyl (C=O) groups is 1. The van der Waals surface area contributed by atoms with Crippen LogP contribution in [-0.4, -0.2) is 12.5 Å². The zero-order valence-corrected chi connectivity index (χ0v) is 20.9. The van der Waals surface area contributed by atoms with Crippen LogP contribution in [0.15, 0.2) is 51.7 Å². The van der Waals surface area contributed by atoms with Gasteiger partial charge in [-0.1, -0.05) is 23.7 Å². The summed E-state index contributed by atoms with van der Waals surface area (Å²) in [7, 11) is 0. The number of halogens is 4. The second kappa shape index (κ2) is 10.0. The number of aryl methyl sites for hydroxylation is 1. The van der Waals surface area contributed by atoms with E-state index >= 15 is 0 Å². The molecule has 1 aliphatic rings. The van der Waals surface area contributed by atoms with Crippen LogP contribution in [-0.2, 0) is 23.8 Å². The van der Waals surface area contributed by atoms with Crippen molar-refractivity contribution >= 4 is 44.8 Å². The lowest BCUT2D eigenvalue weighted by Crippen LogP contribution is -2.20. The predicted octanol–water partition coefficient (Wildman–Crippen LogP) is 6.70. The molecule has 2 aromatic carbocycles. The van der Waals surface area contributed by atoms with E-state index in [1.807, 2.05) is 0 Å². The topological polar surface area (TPSA) is 102 Å². The van der Waals surface area contributed by atoms with Gasteiger partial charge in [0.15, 0.2) is 6.61 Å². The van der Waals surface area contributed by atoms with Crippen molar-refractivity contribution in [3.8, 4) is 23.3 Å². The van der Waals surface area contributed by atoms with E-state index in [0.29, 0.717) is 10.6 Å². The van der Waals surface area contributed by atoms with Crippen molar-refractivity contribution in [2.75, 3.05) is 11.9 Å². The van der Waals surface area contributed by atoms with Crippen LogP contribution in [0.1, 0.15) is 28.2 Å². The molecule has 0 aliphatic heterocycles. The first-order valence-electron chi connectivity index (χ1n) is 11.2. The van der Waals surface area contributed by atoms with Gasteiger partial charge in [0.25, 0.3) is 11.7 Å². The molecule has 0 fully saturated rings. The van der Waals surface area contributed by atoms with Crippen LogP contribution in [0, 0.1) is 11.3 Å². The SMILES string of the molecule is N#Cc1c(NC(=O)COc2ccc3c(=O)c(Oc4ccccc4Cl)c(C(F)(F)F)oc3c2)sc2c1CCC2. The van der Waals surface area contributed by atoms with E-state index in [1.54, 1.807) is 6.07 Å². The average molecular weight is 561 g/mol. The van der Waals surface area contributed by atoms with Crippen molar-refractivity contribution in [2.24, 2.45) is 0 Å². The molecule has 0 saturated carbocycles. The smallest absolute Gasteiger partial charge is 0.453 e. The number of nitriles is 1. The van der Waals surface area contributed by atoms with E-state index in [0.717, 1.165) is 35.8 Å². The number of ether oxygens (including phenoxy) is 2. The van der Waals surface area contributed by atoms with Crippen molar-refractivity contribution in [3.05, 3.63) is 79.5 Å². The maximum absolute atomic E-state index is 13.8. The molecule has 7 nitrogen and oxygen atoms in total. The molecule has 1 amide bonds. The zero-order chi connectivity index (χ0) is 27.0. The first kappa shape index (κ1) is 25.6. The van der Waals surface area contributed by atoms with Crippen molar-refractivity contribution < 1.29 is 31.9 Å². The Morgan fingerprint density at radius 1 is 1.21 bits per heavy atom. The van der Waals surface area contributed by atoms with E-state index in [1.165, 1.54) is 41.7 Å². The van der Waals surface area contributed by atoms with Gasteiger partial charge in [-0.15, -0.1) is 11.3 Å². The minimum atomic E-state index is -5.06. The number of benzene rings is 2. The Kier molecular flexibility index (Phi) is 6.77. The number of thiophene rings is 1. The first-order valence-corrected chi connectivity index (χ1v) is 12.4. The number of alkyl halides is 3. The molecule has 0 bridgehead atoms. The minimum absolute atomic E-state index is 0.00197. The summed E-state index contributed by atoms with van der Waals surface area (Å²) in [5, 5.41) is 12.4. The zero-order valence-electron chi connectivity index (χ0n) is 19.3. The number of amides is 1. The van der Waals surface area contributed by atoms with E-state index in [4.69, 9.17) is 25.5 Å². The quantitative estimate of drug-likeness (QED) is 0.282. The van der Waals surface area contributed by atoms with E-state index in [-0.39, 0.29) is 21.9 Å². The lowest BCUT2D eigenvalue weighted by Gasteiger charge is -2.14. The molecule has 4 aromatic rings. The number of nitrogens with one attached hydrogen (secondary N) is 1. The standard InChI is InChI=1S/C26H16ClF3N2O5S/c27-17-5-1-2-6-18(17)36-23-22(34)15-9-8-13(10-19(15)37-24(23)26(28,29)30)35-12-21(33)32-25-16(11-31)14-4-3-7-20(14)38-25/h1-2,5-6,8-10H,3-4,7,12H2,(H,32,33). The fourth-order valence-electron chi connectivity index (χ4n) is 4.09. The Hall–Kier alpha value is -4.01. The number of rotatable bonds is 6. The third-order valence-electron chi connectivity index (χ3n) is 5.78. The Bertz CT molecular complexity index is 1670. The van der Waals surface area contributed by atoms with Crippen LogP contribution in [0.3, 0.4) is 0 Å². The van der Waals surface area contributed by atoms with Crippen molar-refractivity contribution in [1.29, 1.82) is 5.26 Å². The fraction of sp³-hybridized carbons (Fsp3) is 0.192. The summed E-state index contributed by atoms with van der Waals surface area (Å²) in [5.41, 5.74) is -0.0693. The average Bonchev–Trinajstić information content (AvgIpc) is 3.45. The van der Waals surface area contributed by atoms with Crippen molar-refractivity contribution in [1.82, 2.24) is 0 Å². The molecular formula is C26H16ClF3N2O5S. The summed E-state index contributed by atoms with van der Waals surface area (Å²) in [6.07, 6.45) is -2.45. The van der Waals surface area contributed by atoms with Gasteiger partial charge in [-0.25, -0.2) is 0 Å². The lowest BCUT2D eigenvalue weighted by molar-refractivity contribution is -0.154. The first-order chi connectivity index (χ1) is 18.2.